The molecular weight excluding hydrogens is 236 g/mol. The van der Waals surface area contributed by atoms with E-state index in [-0.39, 0.29) is 0 Å². The molecule has 0 unspecified atom stereocenters. The van der Waals surface area contributed by atoms with Gasteiger partial charge in [0.15, 0.2) is 0 Å². The molecule has 0 amide bonds. The average molecular weight is 256 g/mol. The first-order valence-corrected chi connectivity index (χ1v) is 7.18. The molecule has 2 fully saturated rings. The Morgan fingerprint density at radius 1 is 1.21 bits per heavy atom. The summed E-state index contributed by atoms with van der Waals surface area (Å²) >= 11 is 0. The fourth-order valence-electron chi connectivity index (χ4n) is 2.79. The number of rotatable bonds is 4. The Bertz CT molecular complexity index is 459. The fraction of sp³-hybridized carbons (Fsp3) is 0.562. The van der Waals surface area contributed by atoms with Gasteiger partial charge >= 0.3 is 0 Å². The third kappa shape index (κ3) is 3.34. The van der Waals surface area contributed by atoms with Crippen molar-refractivity contribution in [2.24, 2.45) is 5.92 Å². The number of nitrogens with zero attached hydrogens (tertiary/aromatic N) is 1. The number of nitrogens with one attached hydrogen (secondary N) is 1. The van der Waals surface area contributed by atoms with E-state index in [1.165, 1.54) is 18.4 Å². The van der Waals surface area contributed by atoms with Crippen molar-refractivity contribution in [2.45, 2.75) is 37.8 Å². The molecule has 3 nitrogen and oxygen atoms in total. The minimum absolute atomic E-state index is 0.558. The zero-order valence-corrected chi connectivity index (χ0v) is 11.1. The molecule has 1 aliphatic carbocycles. The number of hydrogen-bond acceptors (Lipinski definition) is 3. The molecule has 1 aromatic rings. The Morgan fingerprint density at radius 3 is 2.68 bits per heavy atom. The molecule has 0 spiro atoms. The van der Waals surface area contributed by atoms with Crippen molar-refractivity contribution in [3.63, 3.8) is 0 Å². The predicted molar refractivity (Wildman–Crippen MR) is 73.7 cm³/mol. The van der Waals surface area contributed by atoms with Crippen LogP contribution in [-0.4, -0.2) is 25.3 Å². The average Bonchev–Trinajstić information content (AvgIpc) is 3.26. The van der Waals surface area contributed by atoms with E-state index in [9.17, 15) is 0 Å². The van der Waals surface area contributed by atoms with Crippen LogP contribution in [0.3, 0.4) is 0 Å². The van der Waals surface area contributed by atoms with E-state index < -0.39 is 0 Å². The van der Waals surface area contributed by atoms with Crippen LogP contribution in [0, 0.1) is 17.2 Å². The third-order valence-corrected chi connectivity index (χ3v) is 4.08. The smallest absolute Gasteiger partial charge is 0.0991 e. The molecule has 100 valence electrons. The lowest BCUT2D eigenvalue weighted by atomic mass is 9.89. The van der Waals surface area contributed by atoms with Gasteiger partial charge in [-0.2, -0.15) is 5.26 Å². The molecule has 0 bridgehead atoms. The number of benzene rings is 1. The Hall–Kier alpha value is -1.37. The van der Waals surface area contributed by atoms with Crippen molar-refractivity contribution in [2.75, 3.05) is 13.2 Å². The first kappa shape index (κ1) is 12.7. The van der Waals surface area contributed by atoms with Crippen LogP contribution in [0.1, 0.15) is 30.4 Å². The highest BCUT2D eigenvalue weighted by Crippen LogP contribution is 2.26. The second kappa shape index (κ2) is 5.73. The molecule has 1 aromatic carbocycles. The molecule has 2 atom stereocenters. The number of nitriles is 1. The van der Waals surface area contributed by atoms with Gasteiger partial charge in [-0.25, -0.2) is 0 Å². The zero-order chi connectivity index (χ0) is 13.1. The summed E-state index contributed by atoms with van der Waals surface area (Å²) < 4.78 is 5.64. The minimum Gasteiger partial charge on any atom is -0.381 e. The molecule has 1 saturated heterocycles. The van der Waals surface area contributed by atoms with Crippen LogP contribution in [-0.2, 0) is 11.2 Å². The molecule has 1 heterocycles. The van der Waals surface area contributed by atoms with Crippen molar-refractivity contribution in [1.82, 2.24) is 5.32 Å². The highest BCUT2D eigenvalue weighted by Gasteiger charge is 2.31. The molecule has 1 aliphatic heterocycles. The summed E-state index contributed by atoms with van der Waals surface area (Å²) in [6.07, 6.45) is 4.83. The van der Waals surface area contributed by atoms with E-state index in [1.54, 1.807) is 0 Å². The minimum atomic E-state index is 0.558. The van der Waals surface area contributed by atoms with Gasteiger partial charge in [-0.05, 0) is 43.4 Å². The van der Waals surface area contributed by atoms with Crippen molar-refractivity contribution in [3.05, 3.63) is 35.4 Å². The Kier molecular flexibility index (Phi) is 3.82. The highest BCUT2D eigenvalue weighted by atomic mass is 16.5. The Labute approximate surface area is 114 Å². The molecule has 1 saturated carbocycles. The molecular formula is C16H20N2O. The molecule has 2 aliphatic rings. The normalized spacial score (nSPS) is 26.9. The summed E-state index contributed by atoms with van der Waals surface area (Å²) in [7, 11) is 0. The maximum Gasteiger partial charge on any atom is 0.0991 e. The maximum absolute atomic E-state index is 8.82. The van der Waals surface area contributed by atoms with Crippen LogP contribution in [0.25, 0.3) is 0 Å². The van der Waals surface area contributed by atoms with Crippen LogP contribution in [0.15, 0.2) is 24.3 Å². The van der Waals surface area contributed by atoms with E-state index in [4.69, 9.17) is 10.00 Å². The Balaban J connectivity index is 1.63. The van der Waals surface area contributed by atoms with Gasteiger partial charge in [-0.15, -0.1) is 0 Å². The van der Waals surface area contributed by atoms with Crippen molar-refractivity contribution < 1.29 is 4.74 Å². The largest absolute Gasteiger partial charge is 0.381 e. The molecule has 19 heavy (non-hydrogen) atoms. The van der Waals surface area contributed by atoms with Gasteiger partial charge in [-0.1, -0.05) is 12.1 Å². The lowest BCUT2D eigenvalue weighted by Crippen LogP contribution is -2.44. The quantitative estimate of drug-likeness (QED) is 0.898. The predicted octanol–water partition coefficient (Wildman–Crippen LogP) is 2.26. The standard InChI is InChI=1S/C16H20N2O/c17-10-13-3-1-12(2-4-13)9-14-11-19-8-7-16(14)18-15-5-6-15/h1-4,14-16,18H,5-9,11H2/t14-,16+/m0/s1. The van der Waals surface area contributed by atoms with E-state index >= 15 is 0 Å². The SMILES string of the molecule is N#Cc1ccc(C[C@H]2COCC[C@H]2NC2CC2)cc1. The summed E-state index contributed by atoms with van der Waals surface area (Å²) in [5.74, 6) is 0.558. The second-order valence-electron chi connectivity index (χ2n) is 5.68. The molecule has 3 heteroatoms. The number of hydrogen-bond donors (Lipinski definition) is 1. The Morgan fingerprint density at radius 2 is 2.00 bits per heavy atom. The topological polar surface area (TPSA) is 45.0 Å². The zero-order valence-electron chi connectivity index (χ0n) is 11.1. The summed E-state index contributed by atoms with van der Waals surface area (Å²) in [5.41, 5.74) is 2.04. The van der Waals surface area contributed by atoms with Crippen LogP contribution in [0.2, 0.25) is 0 Å². The lowest BCUT2D eigenvalue weighted by molar-refractivity contribution is 0.0316. The maximum atomic E-state index is 8.82. The van der Waals surface area contributed by atoms with E-state index in [2.05, 4.69) is 23.5 Å². The fourth-order valence-corrected chi connectivity index (χ4v) is 2.79. The van der Waals surface area contributed by atoms with Crippen molar-refractivity contribution in [3.8, 4) is 6.07 Å². The van der Waals surface area contributed by atoms with E-state index in [1.807, 2.05) is 12.1 Å². The molecule has 0 aromatic heterocycles. The van der Waals surface area contributed by atoms with Crippen molar-refractivity contribution in [1.29, 1.82) is 5.26 Å². The summed E-state index contributed by atoms with van der Waals surface area (Å²) in [4.78, 5) is 0. The lowest BCUT2D eigenvalue weighted by Gasteiger charge is -2.32. The van der Waals surface area contributed by atoms with E-state index in [0.29, 0.717) is 12.0 Å². The van der Waals surface area contributed by atoms with Gasteiger partial charge < -0.3 is 10.1 Å². The highest BCUT2D eigenvalue weighted by molar-refractivity contribution is 5.31. The van der Waals surface area contributed by atoms with Crippen LogP contribution < -0.4 is 5.32 Å². The second-order valence-corrected chi connectivity index (χ2v) is 5.68. The van der Waals surface area contributed by atoms with E-state index in [0.717, 1.165) is 37.7 Å². The first-order chi connectivity index (χ1) is 9.35. The van der Waals surface area contributed by atoms with Crippen molar-refractivity contribution >= 4 is 0 Å². The first-order valence-electron chi connectivity index (χ1n) is 7.18. The van der Waals surface area contributed by atoms with Gasteiger partial charge in [0.2, 0.25) is 0 Å². The monoisotopic (exact) mass is 256 g/mol. The molecule has 0 radical (unpaired) electrons. The van der Waals surface area contributed by atoms with Gasteiger partial charge in [-0.3, -0.25) is 0 Å². The van der Waals surface area contributed by atoms with Crippen LogP contribution >= 0.6 is 0 Å². The summed E-state index contributed by atoms with van der Waals surface area (Å²) in [6, 6.07) is 11.5. The van der Waals surface area contributed by atoms with Gasteiger partial charge in [0.05, 0.1) is 18.2 Å². The molecule has 3 rings (SSSR count). The summed E-state index contributed by atoms with van der Waals surface area (Å²) in [6.45, 7) is 1.73. The van der Waals surface area contributed by atoms with Gasteiger partial charge in [0, 0.05) is 24.6 Å². The number of ether oxygens (including phenoxy) is 1. The summed E-state index contributed by atoms with van der Waals surface area (Å²) in [5, 5.41) is 12.6. The van der Waals surface area contributed by atoms with Gasteiger partial charge in [0.1, 0.15) is 0 Å². The third-order valence-electron chi connectivity index (χ3n) is 4.08. The molecule has 1 N–H and O–H groups in total. The van der Waals surface area contributed by atoms with Gasteiger partial charge in [0.25, 0.3) is 0 Å². The van der Waals surface area contributed by atoms with Crippen LogP contribution in [0.5, 0.6) is 0 Å². The van der Waals surface area contributed by atoms with Crippen LogP contribution in [0.4, 0.5) is 0 Å².